The predicted molar refractivity (Wildman–Crippen MR) is 141 cm³/mol. The normalized spacial score (nSPS) is 11.9. The molecule has 0 aliphatic rings. The summed E-state index contributed by atoms with van der Waals surface area (Å²) < 4.78 is 2.44. The number of aryl methyl sites for hydroxylation is 2. The fourth-order valence-electron chi connectivity index (χ4n) is 5.80. The third-order valence-corrected chi connectivity index (χ3v) is 7.15. The van der Waals surface area contributed by atoms with Crippen molar-refractivity contribution in [1.29, 1.82) is 0 Å². The topological polar surface area (TPSA) is 4.41 Å². The Kier molecular flexibility index (Phi) is 3.75. The van der Waals surface area contributed by atoms with E-state index >= 15 is 0 Å². The van der Waals surface area contributed by atoms with Gasteiger partial charge in [0.15, 0.2) is 0 Å². The van der Waals surface area contributed by atoms with Crippen LogP contribution in [0.2, 0.25) is 0 Å². The first-order valence-corrected chi connectivity index (χ1v) is 11.5. The molecule has 0 aliphatic carbocycles. The summed E-state index contributed by atoms with van der Waals surface area (Å²) in [6, 6.07) is 37.8. The zero-order valence-electron chi connectivity index (χ0n) is 18.8. The van der Waals surface area contributed by atoms with Crippen molar-refractivity contribution in [1.82, 2.24) is 4.40 Å². The van der Waals surface area contributed by atoms with Gasteiger partial charge in [-0.05, 0) is 65.4 Å². The molecule has 0 atom stereocenters. The molecule has 0 saturated carbocycles. The molecule has 0 radical (unpaired) electrons. The molecular weight excluding hydrogens is 398 g/mol. The Morgan fingerprint density at radius 1 is 0.455 bits per heavy atom. The molecular formula is C32H23N. The lowest BCUT2D eigenvalue weighted by atomic mass is 9.91. The second-order valence-electron chi connectivity index (χ2n) is 9.14. The van der Waals surface area contributed by atoms with Gasteiger partial charge in [-0.15, -0.1) is 0 Å². The van der Waals surface area contributed by atoms with Crippen molar-refractivity contribution >= 4 is 38.1 Å². The smallest absolute Gasteiger partial charge is 0.0620 e. The minimum Gasteiger partial charge on any atom is -0.308 e. The van der Waals surface area contributed by atoms with Crippen LogP contribution in [-0.4, -0.2) is 4.40 Å². The van der Waals surface area contributed by atoms with Crippen LogP contribution in [-0.2, 0) is 0 Å². The van der Waals surface area contributed by atoms with Crippen LogP contribution in [0.25, 0.3) is 60.3 Å². The molecule has 2 heterocycles. The van der Waals surface area contributed by atoms with E-state index in [0.717, 1.165) is 0 Å². The lowest BCUT2D eigenvalue weighted by molar-refractivity contribution is 1.36. The van der Waals surface area contributed by atoms with Gasteiger partial charge in [0.1, 0.15) is 0 Å². The number of fused-ring (bicyclic) bond motifs is 6. The minimum atomic E-state index is 1.27. The third-order valence-electron chi connectivity index (χ3n) is 7.15. The zero-order chi connectivity index (χ0) is 22.1. The summed E-state index contributed by atoms with van der Waals surface area (Å²) in [5.74, 6) is 0. The average Bonchev–Trinajstić information content (AvgIpc) is 3.36. The standard InChI is InChI=1S/C32H23N/c1-20-17-24(18-21(2)31(20)22-9-4-3-5-10-22)23-15-16-30-28(19-23)27-13-8-12-26-25-11-6-7-14-29(25)33(30)32(26)27/h3-19H,1-2H3. The van der Waals surface area contributed by atoms with Crippen molar-refractivity contribution in [2.24, 2.45) is 0 Å². The minimum absolute atomic E-state index is 1.27. The van der Waals surface area contributed by atoms with Gasteiger partial charge < -0.3 is 4.40 Å². The van der Waals surface area contributed by atoms with E-state index in [1.165, 1.54) is 71.5 Å². The molecule has 0 spiro atoms. The van der Waals surface area contributed by atoms with Crippen LogP contribution < -0.4 is 0 Å². The molecule has 0 saturated heterocycles. The van der Waals surface area contributed by atoms with Gasteiger partial charge >= 0.3 is 0 Å². The maximum atomic E-state index is 2.44. The van der Waals surface area contributed by atoms with E-state index in [1.807, 2.05) is 0 Å². The van der Waals surface area contributed by atoms with E-state index in [0.29, 0.717) is 0 Å². The summed E-state index contributed by atoms with van der Waals surface area (Å²) in [6.07, 6.45) is 0. The highest BCUT2D eigenvalue weighted by atomic mass is 14.9. The molecule has 1 nitrogen and oxygen atoms in total. The van der Waals surface area contributed by atoms with Gasteiger partial charge in [-0.3, -0.25) is 0 Å². The Labute approximate surface area is 192 Å². The molecule has 1 heteroatoms. The van der Waals surface area contributed by atoms with Gasteiger partial charge in [0.25, 0.3) is 0 Å². The molecule has 0 aliphatic heterocycles. The highest BCUT2D eigenvalue weighted by Gasteiger charge is 2.17. The van der Waals surface area contributed by atoms with Crippen LogP contribution in [0.15, 0.2) is 103 Å². The molecule has 0 N–H and O–H groups in total. The number of hydrogen-bond acceptors (Lipinski definition) is 0. The van der Waals surface area contributed by atoms with E-state index in [4.69, 9.17) is 0 Å². The van der Waals surface area contributed by atoms with Crippen molar-refractivity contribution in [3.63, 3.8) is 0 Å². The summed E-state index contributed by atoms with van der Waals surface area (Å²) >= 11 is 0. The summed E-state index contributed by atoms with van der Waals surface area (Å²) in [4.78, 5) is 0. The lowest BCUT2D eigenvalue weighted by Crippen LogP contribution is -1.90. The van der Waals surface area contributed by atoms with Crippen LogP contribution in [0.3, 0.4) is 0 Å². The van der Waals surface area contributed by atoms with Crippen LogP contribution >= 0.6 is 0 Å². The Balaban J connectivity index is 1.47. The molecule has 5 aromatic carbocycles. The molecule has 0 amide bonds. The maximum absolute atomic E-state index is 2.44. The molecule has 0 bridgehead atoms. The fourth-order valence-corrected chi connectivity index (χ4v) is 5.80. The maximum Gasteiger partial charge on any atom is 0.0620 e. The second kappa shape index (κ2) is 6.70. The number of nitrogens with zero attached hydrogens (tertiary/aromatic N) is 1. The Morgan fingerprint density at radius 2 is 1.09 bits per heavy atom. The van der Waals surface area contributed by atoms with Crippen molar-refractivity contribution in [2.45, 2.75) is 13.8 Å². The number of aromatic nitrogens is 1. The quantitative estimate of drug-likeness (QED) is 0.263. The predicted octanol–water partition coefficient (Wildman–Crippen LogP) is 8.79. The third kappa shape index (κ3) is 2.54. The summed E-state index contributed by atoms with van der Waals surface area (Å²) in [5, 5.41) is 5.31. The first kappa shape index (κ1) is 18.5. The number of benzene rings is 5. The first-order chi connectivity index (χ1) is 16.2. The highest BCUT2D eigenvalue weighted by Crippen LogP contribution is 2.40. The van der Waals surface area contributed by atoms with Crippen LogP contribution in [0.4, 0.5) is 0 Å². The first-order valence-electron chi connectivity index (χ1n) is 11.5. The summed E-state index contributed by atoms with van der Waals surface area (Å²) in [5.41, 5.74) is 11.7. The fraction of sp³-hybridized carbons (Fsp3) is 0.0625. The lowest BCUT2D eigenvalue weighted by Gasteiger charge is -2.13. The van der Waals surface area contributed by atoms with E-state index in [1.54, 1.807) is 0 Å². The number of rotatable bonds is 2. The van der Waals surface area contributed by atoms with Crippen molar-refractivity contribution in [3.8, 4) is 22.3 Å². The highest BCUT2D eigenvalue weighted by molar-refractivity contribution is 6.23. The van der Waals surface area contributed by atoms with Crippen LogP contribution in [0, 0.1) is 13.8 Å². The van der Waals surface area contributed by atoms with Gasteiger partial charge in [0.05, 0.1) is 16.6 Å². The van der Waals surface area contributed by atoms with Crippen molar-refractivity contribution < 1.29 is 0 Å². The van der Waals surface area contributed by atoms with E-state index in [-0.39, 0.29) is 0 Å². The van der Waals surface area contributed by atoms with Gasteiger partial charge in [-0.25, -0.2) is 0 Å². The van der Waals surface area contributed by atoms with Crippen molar-refractivity contribution in [3.05, 3.63) is 114 Å². The van der Waals surface area contributed by atoms with E-state index < -0.39 is 0 Å². The van der Waals surface area contributed by atoms with Gasteiger partial charge in [-0.2, -0.15) is 0 Å². The second-order valence-corrected chi connectivity index (χ2v) is 9.14. The number of para-hydroxylation sites is 2. The largest absolute Gasteiger partial charge is 0.308 e. The number of hydrogen-bond donors (Lipinski definition) is 0. The van der Waals surface area contributed by atoms with Gasteiger partial charge in [0, 0.05) is 21.5 Å². The Morgan fingerprint density at radius 3 is 1.88 bits per heavy atom. The van der Waals surface area contributed by atoms with E-state index in [2.05, 4.69) is 121 Å². The van der Waals surface area contributed by atoms with E-state index in [9.17, 15) is 0 Å². The van der Waals surface area contributed by atoms with Crippen molar-refractivity contribution in [2.75, 3.05) is 0 Å². The molecule has 33 heavy (non-hydrogen) atoms. The Bertz CT molecular complexity index is 1800. The van der Waals surface area contributed by atoms with Crippen LogP contribution in [0.1, 0.15) is 11.1 Å². The monoisotopic (exact) mass is 421 g/mol. The molecule has 0 fully saturated rings. The zero-order valence-corrected chi connectivity index (χ0v) is 18.8. The van der Waals surface area contributed by atoms with Crippen LogP contribution in [0.5, 0.6) is 0 Å². The molecule has 156 valence electrons. The molecule has 7 rings (SSSR count). The van der Waals surface area contributed by atoms with Gasteiger partial charge in [0.2, 0.25) is 0 Å². The van der Waals surface area contributed by atoms with Gasteiger partial charge in [-0.1, -0.05) is 84.9 Å². The Hall–Kier alpha value is -4.10. The molecule has 2 aromatic heterocycles. The average molecular weight is 422 g/mol. The summed E-state index contributed by atoms with van der Waals surface area (Å²) in [6.45, 7) is 4.45. The summed E-state index contributed by atoms with van der Waals surface area (Å²) in [7, 11) is 0. The SMILES string of the molecule is Cc1cc(-c2ccc3c(c2)c2cccc4c5ccccc5n3c42)cc(C)c1-c1ccccc1. The molecule has 0 unspecified atom stereocenters. The molecule has 7 aromatic rings.